The summed E-state index contributed by atoms with van der Waals surface area (Å²) < 4.78 is 0. The lowest BCUT2D eigenvalue weighted by molar-refractivity contribution is 0.102. The molecule has 1 aliphatic heterocycles. The number of nitrogens with zero attached hydrogens (tertiary/aromatic N) is 3. The molecule has 0 saturated carbocycles. The van der Waals surface area contributed by atoms with Crippen LogP contribution in [0.3, 0.4) is 0 Å². The van der Waals surface area contributed by atoms with Crippen molar-refractivity contribution in [3.8, 4) is 21.8 Å². The number of likely N-dealkylation sites (N-methyl/N-ethyl adjacent to an activating group) is 1. The molecule has 0 fully saturated rings. The average Bonchev–Trinajstić information content (AvgIpc) is 3.43. The lowest BCUT2D eigenvalue weighted by atomic mass is 9.95. The molecule has 5 nitrogen and oxygen atoms in total. The van der Waals surface area contributed by atoms with Crippen LogP contribution in [0.1, 0.15) is 28.5 Å². The zero-order valence-electron chi connectivity index (χ0n) is 20.1. The molecule has 0 atom stereocenters. The topological polar surface area (TPSA) is 58.1 Å². The van der Waals surface area contributed by atoms with Crippen molar-refractivity contribution in [2.24, 2.45) is 0 Å². The quantitative estimate of drug-likeness (QED) is 0.299. The molecular formula is C30H26N4OS. The molecule has 0 saturated heterocycles. The molecule has 0 aliphatic carbocycles. The van der Waals surface area contributed by atoms with E-state index in [1.54, 1.807) is 11.3 Å². The Morgan fingerprint density at radius 1 is 0.944 bits per heavy atom. The summed E-state index contributed by atoms with van der Waals surface area (Å²) in [7, 11) is 0. The number of hydrogen-bond acceptors (Lipinski definition) is 5. The molecule has 0 radical (unpaired) electrons. The van der Waals surface area contributed by atoms with Gasteiger partial charge in [0.15, 0.2) is 0 Å². The van der Waals surface area contributed by atoms with E-state index in [-0.39, 0.29) is 5.91 Å². The van der Waals surface area contributed by atoms with Gasteiger partial charge in [-0.25, -0.2) is 4.98 Å². The molecule has 5 aromatic rings. The van der Waals surface area contributed by atoms with Gasteiger partial charge in [0.2, 0.25) is 0 Å². The van der Waals surface area contributed by atoms with Crippen LogP contribution < -0.4 is 5.32 Å². The molecule has 2 aromatic heterocycles. The summed E-state index contributed by atoms with van der Waals surface area (Å²) in [4.78, 5) is 25.7. The number of amides is 1. The predicted octanol–water partition coefficient (Wildman–Crippen LogP) is 6.66. The van der Waals surface area contributed by atoms with E-state index in [2.05, 4.69) is 34.7 Å². The first-order valence-corrected chi connectivity index (χ1v) is 13.1. The van der Waals surface area contributed by atoms with Crippen LogP contribution >= 0.6 is 11.3 Å². The second-order valence-corrected chi connectivity index (χ2v) is 9.84. The maximum absolute atomic E-state index is 13.6. The first kappa shape index (κ1) is 22.6. The molecule has 0 unspecified atom stereocenters. The minimum Gasteiger partial charge on any atom is -0.322 e. The molecule has 3 heterocycles. The van der Waals surface area contributed by atoms with Crippen LogP contribution in [0.15, 0.2) is 84.2 Å². The Balaban J connectivity index is 1.28. The zero-order chi connectivity index (χ0) is 24.5. The number of carbonyl (C=O) groups excluding carboxylic acids is 1. The fourth-order valence-corrected chi connectivity index (χ4v) is 5.65. The van der Waals surface area contributed by atoms with Crippen molar-refractivity contribution in [2.45, 2.75) is 19.9 Å². The van der Waals surface area contributed by atoms with Crippen molar-refractivity contribution in [3.63, 3.8) is 0 Å². The second-order valence-electron chi connectivity index (χ2n) is 8.98. The van der Waals surface area contributed by atoms with Crippen LogP contribution in [0, 0.1) is 0 Å². The number of benzene rings is 3. The van der Waals surface area contributed by atoms with Crippen LogP contribution in [0.4, 0.5) is 5.69 Å². The summed E-state index contributed by atoms with van der Waals surface area (Å²) in [5, 5.41) is 7.11. The summed E-state index contributed by atoms with van der Waals surface area (Å²) in [5.41, 5.74) is 7.54. The number of para-hydroxylation sites is 1. The number of hydrogen-bond donors (Lipinski definition) is 1. The van der Waals surface area contributed by atoms with Crippen LogP contribution in [0.5, 0.6) is 0 Å². The normalized spacial score (nSPS) is 13.5. The van der Waals surface area contributed by atoms with Gasteiger partial charge in [-0.2, -0.15) is 0 Å². The minimum atomic E-state index is -0.0874. The summed E-state index contributed by atoms with van der Waals surface area (Å²) in [6.07, 6.45) is 0.863. The van der Waals surface area contributed by atoms with Gasteiger partial charge < -0.3 is 5.32 Å². The molecule has 0 spiro atoms. The highest BCUT2D eigenvalue weighted by atomic mass is 32.1. The molecule has 6 rings (SSSR count). The molecule has 0 bridgehead atoms. The molecule has 3 aromatic carbocycles. The molecule has 1 amide bonds. The van der Waals surface area contributed by atoms with Crippen molar-refractivity contribution in [1.82, 2.24) is 14.9 Å². The van der Waals surface area contributed by atoms with Gasteiger partial charge in [0, 0.05) is 58.3 Å². The number of rotatable bonds is 5. The van der Waals surface area contributed by atoms with Crippen LogP contribution in [0.2, 0.25) is 0 Å². The van der Waals surface area contributed by atoms with E-state index in [4.69, 9.17) is 9.97 Å². The summed E-state index contributed by atoms with van der Waals surface area (Å²) >= 11 is 1.63. The summed E-state index contributed by atoms with van der Waals surface area (Å²) in [6.45, 7) is 4.84. The minimum absolute atomic E-state index is 0.0874. The van der Waals surface area contributed by atoms with Gasteiger partial charge in [-0.1, -0.05) is 67.6 Å². The highest BCUT2D eigenvalue weighted by Crippen LogP contribution is 2.31. The van der Waals surface area contributed by atoms with Crippen LogP contribution in [-0.4, -0.2) is 33.9 Å². The van der Waals surface area contributed by atoms with Crippen LogP contribution in [-0.2, 0) is 13.0 Å². The van der Waals surface area contributed by atoms with E-state index < -0.39 is 0 Å². The standard InChI is InChI=1S/C30H26N4OS/c1-2-34-17-16-26-24(18-34)28(23-10-6-7-11-25(23)32-26)29(35)31-22-14-12-20(13-15-22)27-19-36-30(33-27)21-8-4-3-5-9-21/h3-15,19H,2,16-18H2,1H3,(H,31,35). The number of nitrogens with one attached hydrogen (secondary N) is 1. The highest BCUT2D eigenvalue weighted by Gasteiger charge is 2.25. The number of aromatic nitrogens is 2. The fourth-order valence-electron chi connectivity index (χ4n) is 4.81. The third-order valence-corrected chi connectivity index (χ3v) is 7.65. The van der Waals surface area contributed by atoms with Gasteiger partial charge >= 0.3 is 0 Å². The first-order valence-electron chi connectivity index (χ1n) is 12.2. The van der Waals surface area contributed by atoms with Crippen molar-refractivity contribution in [2.75, 3.05) is 18.4 Å². The third-order valence-electron chi connectivity index (χ3n) is 6.76. The average molecular weight is 491 g/mol. The molecule has 1 aliphatic rings. The SMILES string of the molecule is CCN1CCc2nc3ccccc3c(C(=O)Nc3ccc(-c4csc(-c5ccccc5)n4)cc3)c2C1. The number of fused-ring (bicyclic) bond motifs is 2. The Labute approximate surface area is 214 Å². The van der Waals surface area contributed by atoms with Crippen molar-refractivity contribution < 1.29 is 4.79 Å². The van der Waals surface area contributed by atoms with E-state index in [0.717, 1.165) is 81.3 Å². The van der Waals surface area contributed by atoms with E-state index in [1.165, 1.54) is 0 Å². The largest absolute Gasteiger partial charge is 0.322 e. The Morgan fingerprint density at radius 2 is 1.72 bits per heavy atom. The monoisotopic (exact) mass is 490 g/mol. The predicted molar refractivity (Wildman–Crippen MR) is 147 cm³/mol. The van der Waals surface area contributed by atoms with Gasteiger partial charge in [0.05, 0.1) is 16.8 Å². The third kappa shape index (κ3) is 4.30. The number of pyridine rings is 1. The van der Waals surface area contributed by atoms with Crippen molar-refractivity contribution in [1.29, 1.82) is 0 Å². The lowest BCUT2D eigenvalue weighted by Crippen LogP contribution is -2.33. The Bertz CT molecular complexity index is 1540. The van der Waals surface area contributed by atoms with E-state index >= 15 is 0 Å². The van der Waals surface area contributed by atoms with E-state index in [9.17, 15) is 4.79 Å². The van der Waals surface area contributed by atoms with Gasteiger partial charge in [0.1, 0.15) is 5.01 Å². The first-order chi connectivity index (χ1) is 17.7. The zero-order valence-corrected chi connectivity index (χ0v) is 20.9. The molecule has 6 heteroatoms. The lowest BCUT2D eigenvalue weighted by Gasteiger charge is -2.29. The molecule has 1 N–H and O–H groups in total. The van der Waals surface area contributed by atoms with Gasteiger partial charge in [-0.15, -0.1) is 11.3 Å². The maximum atomic E-state index is 13.6. The molecular weight excluding hydrogens is 464 g/mol. The fraction of sp³-hybridized carbons (Fsp3) is 0.167. The Kier molecular flexibility index (Phi) is 6.05. The van der Waals surface area contributed by atoms with Gasteiger partial charge in [0.25, 0.3) is 5.91 Å². The summed E-state index contributed by atoms with van der Waals surface area (Å²) in [5.74, 6) is -0.0874. The van der Waals surface area contributed by atoms with Gasteiger partial charge in [-0.3, -0.25) is 14.7 Å². The van der Waals surface area contributed by atoms with Gasteiger partial charge in [-0.05, 0) is 24.7 Å². The number of thiazole rings is 1. The number of anilines is 1. The van der Waals surface area contributed by atoms with Crippen LogP contribution in [0.25, 0.3) is 32.7 Å². The Morgan fingerprint density at radius 3 is 2.53 bits per heavy atom. The maximum Gasteiger partial charge on any atom is 0.256 e. The smallest absolute Gasteiger partial charge is 0.256 e. The van der Waals surface area contributed by atoms with E-state index in [0.29, 0.717) is 0 Å². The second kappa shape index (κ2) is 9.64. The Hall–Kier alpha value is -3.87. The highest BCUT2D eigenvalue weighted by molar-refractivity contribution is 7.13. The number of carbonyl (C=O) groups is 1. The van der Waals surface area contributed by atoms with E-state index in [1.807, 2.05) is 66.7 Å². The molecule has 36 heavy (non-hydrogen) atoms. The molecule has 178 valence electrons. The summed E-state index contributed by atoms with van der Waals surface area (Å²) in [6, 6.07) is 26.1. The van der Waals surface area contributed by atoms with Crippen molar-refractivity contribution in [3.05, 3.63) is 101 Å². The van der Waals surface area contributed by atoms with Crippen molar-refractivity contribution >= 4 is 33.8 Å².